The van der Waals surface area contributed by atoms with Crippen LogP contribution in [0.3, 0.4) is 0 Å². The summed E-state index contributed by atoms with van der Waals surface area (Å²) in [6.45, 7) is 5.03. The molecular formula is C13H18ClNO4S. The van der Waals surface area contributed by atoms with Crippen LogP contribution in [-0.2, 0) is 25.1 Å². The number of nitrogen functional groups attached to an aromatic ring is 1. The Morgan fingerprint density at radius 1 is 1.35 bits per heavy atom. The molecule has 2 N–H and O–H groups in total. The number of carbonyl (C=O) groups excluding carboxylic acids is 1. The SMILES string of the molecule is CC(C)(C)OC(=O)CS(=O)(=O)Cc1ccc(Cl)c(N)c1. The summed E-state index contributed by atoms with van der Waals surface area (Å²) < 4.78 is 28.8. The van der Waals surface area contributed by atoms with Crippen LogP contribution < -0.4 is 5.73 Å². The Morgan fingerprint density at radius 2 is 1.95 bits per heavy atom. The number of anilines is 1. The first-order valence-corrected chi connectivity index (χ1v) is 8.15. The van der Waals surface area contributed by atoms with E-state index >= 15 is 0 Å². The average Bonchev–Trinajstić information content (AvgIpc) is 2.18. The highest BCUT2D eigenvalue weighted by atomic mass is 35.5. The minimum Gasteiger partial charge on any atom is -0.459 e. The molecule has 0 aliphatic heterocycles. The zero-order valence-electron chi connectivity index (χ0n) is 11.6. The highest BCUT2D eigenvalue weighted by molar-refractivity contribution is 7.91. The second-order valence-electron chi connectivity index (χ2n) is 5.47. The van der Waals surface area contributed by atoms with Crippen LogP contribution in [0.25, 0.3) is 0 Å². The lowest BCUT2D eigenvalue weighted by Crippen LogP contribution is -2.29. The van der Waals surface area contributed by atoms with Gasteiger partial charge in [0.05, 0.1) is 16.5 Å². The van der Waals surface area contributed by atoms with Crippen molar-refractivity contribution in [1.29, 1.82) is 0 Å². The molecule has 0 amide bonds. The topological polar surface area (TPSA) is 86.5 Å². The van der Waals surface area contributed by atoms with Crippen LogP contribution >= 0.6 is 11.6 Å². The molecule has 0 fully saturated rings. The van der Waals surface area contributed by atoms with E-state index in [2.05, 4.69) is 0 Å². The first-order valence-electron chi connectivity index (χ1n) is 5.95. The van der Waals surface area contributed by atoms with Crippen molar-refractivity contribution < 1.29 is 17.9 Å². The average molecular weight is 320 g/mol. The van der Waals surface area contributed by atoms with Gasteiger partial charge in [-0.3, -0.25) is 4.79 Å². The number of sulfone groups is 1. The monoisotopic (exact) mass is 319 g/mol. The molecule has 0 saturated heterocycles. The summed E-state index contributed by atoms with van der Waals surface area (Å²) in [4.78, 5) is 11.5. The number of nitrogens with two attached hydrogens (primary N) is 1. The third kappa shape index (κ3) is 5.79. The van der Waals surface area contributed by atoms with Gasteiger partial charge < -0.3 is 10.5 Å². The normalized spacial score (nSPS) is 12.2. The Labute approximate surface area is 124 Å². The standard InChI is InChI=1S/C13H18ClNO4S/c1-13(2,3)19-12(16)8-20(17,18)7-9-4-5-10(14)11(15)6-9/h4-6H,7-8,15H2,1-3H3. The third-order valence-corrected chi connectivity index (χ3v) is 4.00. The summed E-state index contributed by atoms with van der Waals surface area (Å²) in [5.41, 5.74) is 5.68. The van der Waals surface area contributed by atoms with Crippen molar-refractivity contribution in [1.82, 2.24) is 0 Å². The maximum Gasteiger partial charge on any atom is 0.321 e. The van der Waals surface area contributed by atoms with Crippen molar-refractivity contribution >= 4 is 33.1 Å². The molecule has 0 aliphatic carbocycles. The predicted molar refractivity (Wildman–Crippen MR) is 79.2 cm³/mol. The Hall–Kier alpha value is -1.27. The van der Waals surface area contributed by atoms with E-state index in [0.717, 1.165) is 0 Å². The first-order chi connectivity index (χ1) is 8.98. The molecule has 0 saturated carbocycles. The highest BCUT2D eigenvalue weighted by Gasteiger charge is 2.23. The summed E-state index contributed by atoms with van der Waals surface area (Å²) in [7, 11) is -3.61. The van der Waals surface area contributed by atoms with Gasteiger partial charge in [-0.25, -0.2) is 8.42 Å². The number of ether oxygens (including phenoxy) is 1. The lowest BCUT2D eigenvalue weighted by Gasteiger charge is -2.19. The van der Waals surface area contributed by atoms with Gasteiger partial charge in [0.25, 0.3) is 0 Å². The molecule has 1 aromatic carbocycles. The molecule has 0 radical (unpaired) electrons. The molecule has 0 bridgehead atoms. The Morgan fingerprint density at radius 3 is 2.45 bits per heavy atom. The zero-order chi connectivity index (χ0) is 15.6. The number of rotatable bonds is 4. The van der Waals surface area contributed by atoms with Gasteiger partial charge in [0.15, 0.2) is 9.84 Å². The number of esters is 1. The Kier molecular flexibility index (Phi) is 5.05. The van der Waals surface area contributed by atoms with Crippen LogP contribution in [0.1, 0.15) is 26.3 Å². The quantitative estimate of drug-likeness (QED) is 0.679. The van der Waals surface area contributed by atoms with Crippen LogP contribution in [-0.4, -0.2) is 25.7 Å². The molecule has 0 atom stereocenters. The molecule has 0 unspecified atom stereocenters. The van der Waals surface area contributed by atoms with E-state index in [1.54, 1.807) is 26.8 Å². The van der Waals surface area contributed by atoms with Crippen molar-refractivity contribution in [3.63, 3.8) is 0 Å². The van der Waals surface area contributed by atoms with Gasteiger partial charge in [-0.05, 0) is 38.5 Å². The second kappa shape index (κ2) is 6.01. The molecule has 20 heavy (non-hydrogen) atoms. The predicted octanol–water partition coefficient (Wildman–Crippen LogP) is 2.18. The van der Waals surface area contributed by atoms with Crippen LogP contribution in [0.4, 0.5) is 5.69 Å². The number of carbonyl (C=O) groups is 1. The van der Waals surface area contributed by atoms with Crippen LogP contribution in [0.15, 0.2) is 18.2 Å². The summed E-state index contributed by atoms with van der Waals surface area (Å²) in [6.07, 6.45) is 0. The van der Waals surface area contributed by atoms with E-state index < -0.39 is 27.2 Å². The summed E-state index contributed by atoms with van der Waals surface area (Å²) >= 11 is 5.76. The van der Waals surface area contributed by atoms with Crippen LogP contribution in [0, 0.1) is 0 Å². The van der Waals surface area contributed by atoms with E-state index in [-0.39, 0.29) is 5.75 Å². The van der Waals surface area contributed by atoms with Gasteiger partial charge in [-0.2, -0.15) is 0 Å². The zero-order valence-corrected chi connectivity index (χ0v) is 13.2. The van der Waals surface area contributed by atoms with Gasteiger partial charge in [0.1, 0.15) is 11.4 Å². The molecule has 0 aliphatic rings. The fourth-order valence-electron chi connectivity index (χ4n) is 1.54. The maximum atomic E-state index is 11.9. The van der Waals surface area contributed by atoms with E-state index in [4.69, 9.17) is 22.1 Å². The van der Waals surface area contributed by atoms with Gasteiger partial charge in [0.2, 0.25) is 0 Å². The largest absolute Gasteiger partial charge is 0.459 e. The van der Waals surface area contributed by atoms with E-state index in [0.29, 0.717) is 16.3 Å². The summed E-state index contributed by atoms with van der Waals surface area (Å²) in [6, 6.07) is 4.57. The first kappa shape index (κ1) is 16.8. The third-order valence-electron chi connectivity index (χ3n) is 2.20. The van der Waals surface area contributed by atoms with E-state index in [1.165, 1.54) is 12.1 Å². The van der Waals surface area contributed by atoms with E-state index in [1.807, 2.05) is 0 Å². The molecule has 5 nitrogen and oxygen atoms in total. The van der Waals surface area contributed by atoms with Crippen LogP contribution in [0.2, 0.25) is 5.02 Å². The molecule has 0 heterocycles. The van der Waals surface area contributed by atoms with Crippen LogP contribution in [0.5, 0.6) is 0 Å². The molecule has 1 rings (SSSR count). The molecule has 7 heteroatoms. The number of benzene rings is 1. The minimum absolute atomic E-state index is 0.284. The van der Waals surface area contributed by atoms with Crippen molar-refractivity contribution in [2.24, 2.45) is 0 Å². The van der Waals surface area contributed by atoms with E-state index in [9.17, 15) is 13.2 Å². The van der Waals surface area contributed by atoms with Crippen molar-refractivity contribution in [2.75, 3.05) is 11.5 Å². The smallest absolute Gasteiger partial charge is 0.321 e. The molecule has 1 aromatic rings. The molecule has 0 aromatic heterocycles. The van der Waals surface area contributed by atoms with Crippen molar-refractivity contribution in [3.8, 4) is 0 Å². The maximum absolute atomic E-state index is 11.9. The lowest BCUT2D eigenvalue weighted by atomic mass is 10.2. The molecule has 112 valence electrons. The fraction of sp³-hybridized carbons (Fsp3) is 0.462. The number of hydrogen-bond donors (Lipinski definition) is 1. The van der Waals surface area contributed by atoms with Gasteiger partial charge in [0, 0.05) is 0 Å². The Bertz CT molecular complexity index is 605. The molecule has 0 spiro atoms. The minimum atomic E-state index is -3.61. The Balaban J connectivity index is 2.75. The number of hydrogen-bond acceptors (Lipinski definition) is 5. The lowest BCUT2D eigenvalue weighted by molar-refractivity contribution is -0.151. The fourth-order valence-corrected chi connectivity index (χ4v) is 2.86. The highest BCUT2D eigenvalue weighted by Crippen LogP contribution is 2.21. The second-order valence-corrected chi connectivity index (χ2v) is 7.95. The van der Waals surface area contributed by atoms with Gasteiger partial charge >= 0.3 is 5.97 Å². The molecular weight excluding hydrogens is 302 g/mol. The van der Waals surface area contributed by atoms with Gasteiger partial charge in [-0.15, -0.1) is 0 Å². The number of halogens is 1. The summed E-state index contributed by atoms with van der Waals surface area (Å²) in [5, 5.41) is 0.360. The van der Waals surface area contributed by atoms with Crippen molar-refractivity contribution in [2.45, 2.75) is 32.1 Å². The van der Waals surface area contributed by atoms with Crippen molar-refractivity contribution in [3.05, 3.63) is 28.8 Å². The van der Waals surface area contributed by atoms with Gasteiger partial charge in [-0.1, -0.05) is 17.7 Å². The summed E-state index contributed by atoms with van der Waals surface area (Å²) in [5.74, 6) is -1.71.